The Hall–Kier alpha value is -4.47. The first-order valence-electron chi connectivity index (χ1n) is 12.6. The van der Waals surface area contributed by atoms with Crippen molar-refractivity contribution in [2.45, 2.75) is 14.7 Å². The van der Waals surface area contributed by atoms with E-state index in [-0.39, 0.29) is 55.6 Å². The van der Waals surface area contributed by atoms with Crippen LogP contribution in [0.1, 0.15) is 0 Å². The van der Waals surface area contributed by atoms with Crippen molar-refractivity contribution in [1.29, 1.82) is 0 Å². The summed E-state index contributed by atoms with van der Waals surface area (Å²) in [6.07, 6.45) is 1.02. The van der Waals surface area contributed by atoms with Crippen LogP contribution in [0.15, 0.2) is 91.6 Å². The zero-order valence-corrected chi connectivity index (χ0v) is 27.9. The number of aromatic hydroxyl groups is 2. The van der Waals surface area contributed by atoms with Gasteiger partial charge < -0.3 is 20.8 Å². The van der Waals surface area contributed by atoms with Crippen molar-refractivity contribution >= 4 is 87.1 Å². The predicted octanol–water partition coefficient (Wildman–Crippen LogP) is 4.89. The Morgan fingerprint density at radius 3 is 2.04 bits per heavy atom. The minimum absolute atomic E-state index is 0. The smallest absolute Gasteiger partial charge is 0.296 e. The Kier molecular flexibility index (Phi) is 10.3. The third kappa shape index (κ3) is 8.14. The van der Waals surface area contributed by atoms with Gasteiger partial charge in [-0.05, 0) is 53.4 Å². The number of hydrogen-bond acceptors (Lipinski definition) is 15. The number of nitrogens with one attached hydrogen (secondary N) is 2. The van der Waals surface area contributed by atoms with E-state index in [0.29, 0.717) is 6.07 Å². The third-order valence-corrected chi connectivity index (χ3v) is 9.21. The summed E-state index contributed by atoms with van der Waals surface area (Å²) in [4.78, 5) is 10.2. The Morgan fingerprint density at radius 2 is 1.40 bits per heavy atom. The number of benzene rings is 4. The summed E-state index contributed by atoms with van der Waals surface area (Å²) in [7, 11) is -13.5. The van der Waals surface area contributed by atoms with Crippen LogP contribution in [-0.2, 0) is 47.1 Å². The van der Waals surface area contributed by atoms with Crippen LogP contribution in [0.25, 0.3) is 10.8 Å². The summed E-state index contributed by atoms with van der Waals surface area (Å²) in [5, 5.41) is 34.3. The fourth-order valence-electron chi connectivity index (χ4n) is 4.12. The maximum absolute atomic E-state index is 12.1. The second kappa shape index (κ2) is 13.6. The molecule has 0 aliphatic rings. The molecule has 6 N–H and O–H groups in total. The summed E-state index contributed by atoms with van der Waals surface area (Å²) in [6.45, 7) is 0. The first-order chi connectivity index (χ1) is 21.9. The molecule has 1 heterocycles. The van der Waals surface area contributed by atoms with Crippen molar-refractivity contribution in [3.8, 4) is 11.5 Å². The van der Waals surface area contributed by atoms with E-state index in [1.807, 2.05) is 0 Å². The molecule has 0 spiro atoms. The molecule has 0 bridgehead atoms. The van der Waals surface area contributed by atoms with Gasteiger partial charge in [-0.1, -0.05) is 30.3 Å². The summed E-state index contributed by atoms with van der Waals surface area (Å²) >= 11 is 6.02. The molecule has 0 aliphatic heterocycles. The molecule has 0 saturated carbocycles. The zero-order valence-electron chi connectivity index (χ0n) is 23.7. The standard InChI is InChI=1S/C26H20ClN7O10S3.Cu/c1-45(37,38)15-7-4-6-14(10-15)28-25-30-24(27)31-26(32-25)29-18-11-16(46(39,40)41)12-19(23(18)36)33-34-21-20(47(42,43)44)9-13-5-2-3-8-17(13)22(21)35;/h2-12,35-36H,1H3,(H,39,40,41)(H,42,43,44)(H2,28,29,30,31,32);. The average molecular weight is 786 g/mol. The molecule has 255 valence electrons. The van der Waals surface area contributed by atoms with Crippen LogP contribution in [0.5, 0.6) is 11.5 Å². The molecule has 5 rings (SSSR count). The van der Waals surface area contributed by atoms with E-state index in [9.17, 15) is 44.6 Å². The number of azo groups is 1. The van der Waals surface area contributed by atoms with Crippen molar-refractivity contribution in [3.05, 3.63) is 72.0 Å². The molecule has 0 aliphatic carbocycles. The molecule has 0 unspecified atom stereocenters. The normalized spacial score (nSPS) is 12.2. The van der Waals surface area contributed by atoms with Gasteiger partial charge in [-0.2, -0.15) is 31.8 Å². The summed E-state index contributed by atoms with van der Waals surface area (Å²) < 4.78 is 91.7. The van der Waals surface area contributed by atoms with Crippen LogP contribution in [0.2, 0.25) is 5.28 Å². The number of phenolic OH excluding ortho intramolecular Hbond substituents is 2. The fraction of sp³-hybridized carbons (Fsp3) is 0.0385. The van der Waals surface area contributed by atoms with Gasteiger partial charge in [-0.25, -0.2) is 8.42 Å². The van der Waals surface area contributed by atoms with Crippen LogP contribution in [0.3, 0.4) is 0 Å². The molecule has 0 amide bonds. The van der Waals surface area contributed by atoms with Crippen LogP contribution in [0, 0.1) is 0 Å². The molecule has 48 heavy (non-hydrogen) atoms. The Balaban J connectivity index is 0.00000520. The largest absolute Gasteiger partial charge is 0.505 e. The van der Waals surface area contributed by atoms with Crippen molar-refractivity contribution in [1.82, 2.24) is 15.0 Å². The van der Waals surface area contributed by atoms with E-state index in [2.05, 4.69) is 35.8 Å². The second-order valence-corrected chi connectivity index (χ2v) is 14.7. The second-order valence-electron chi connectivity index (χ2n) is 9.58. The molecule has 4 aromatic carbocycles. The Bertz CT molecular complexity index is 2450. The quantitative estimate of drug-likeness (QED) is 0.0503. The molecule has 1 aromatic heterocycles. The minimum Gasteiger partial charge on any atom is -0.505 e. The first kappa shape index (κ1) is 36.4. The van der Waals surface area contributed by atoms with E-state index in [1.54, 1.807) is 6.07 Å². The molecular weight excluding hydrogens is 766 g/mol. The van der Waals surface area contributed by atoms with Gasteiger partial charge in [-0.15, -0.1) is 10.2 Å². The van der Waals surface area contributed by atoms with E-state index < -0.39 is 68.4 Å². The molecule has 0 fully saturated rings. The fourth-order valence-corrected chi connectivity index (χ4v) is 6.13. The van der Waals surface area contributed by atoms with Crippen LogP contribution < -0.4 is 10.6 Å². The Morgan fingerprint density at radius 1 is 0.729 bits per heavy atom. The number of anilines is 4. The topological polar surface area (TPSA) is 271 Å². The first-order valence-corrected chi connectivity index (χ1v) is 17.8. The van der Waals surface area contributed by atoms with Gasteiger partial charge in [-0.3, -0.25) is 9.11 Å². The number of hydrogen-bond donors (Lipinski definition) is 6. The van der Waals surface area contributed by atoms with Gasteiger partial charge in [0.1, 0.15) is 16.3 Å². The van der Waals surface area contributed by atoms with Gasteiger partial charge in [0.2, 0.25) is 17.2 Å². The van der Waals surface area contributed by atoms with Gasteiger partial charge in [0.25, 0.3) is 20.2 Å². The average Bonchev–Trinajstić information content (AvgIpc) is 2.96. The van der Waals surface area contributed by atoms with E-state index >= 15 is 0 Å². The number of nitrogens with zero attached hydrogens (tertiary/aromatic N) is 5. The molecule has 22 heteroatoms. The molecule has 5 aromatic rings. The number of fused-ring (bicyclic) bond motifs is 1. The van der Waals surface area contributed by atoms with E-state index in [4.69, 9.17) is 11.6 Å². The summed E-state index contributed by atoms with van der Waals surface area (Å²) in [6, 6.07) is 14.1. The van der Waals surface area contributed by atoms with Crippen molar-refractivity contribution in [2.75, 3.05) is 16.9 Å². The monoisotopic (exact) mass is 784 g/mol. The molecule has 1 radical (unpaired) electrons. The Labute approximate surface area is 287 Å². The SMILES string of the molecule is CS(=O)(=O)c1cccc(Nc2nc(Cl)nc(Nc3cc(S(=O)(=O)O)cc(N=Nc4c(S(=O)(=O)O)cc5ccccc5c4O)c3O)n2)c1.[Cu]. The predicted molar refractivity (Wildman–Crippen MR) is 168 cm³/mol. The molecule has 0 atom stereocenters. The minimum atomic E-state index is -4.98. The van der Waals surface area contributed by atoms with Crippen molar-refractivity contribution in [2.24, 2.45) is 10.2 Å². The summed E-state index contributed by atoms with van der Waals surface area (Å²) in [5.74, 6) is -2.10. The van der Waals surface area contributed by atoms with Gasteiger partial charge in [0.15, 0.2) is 21.3 Å². The van der Waals surface area contributed by atoms with Crippen LogP contribution in [0.4, 0.5) is 34.6 Å². The van der Waals surface area contributed by atoms with Crippen molar-refractivity contribution < 1.29 is 61.6 Å². The van der Waals surface area contributed by atoms with Crippen LogP contribution >= 0.6 is 11.6 Å². The number of sulfone groups is 1. The maximum Gasteiger partial charge on any atom is 0.296 e. The number of halogens is 1. The number of phenols is 2. The number of rotatable bonds is 9. The van der Waals surface area contributed by atoms with Gasteiger partial charge >= 0.3 is 0 Å². The maximum atomic E-state index is 12.1. The van der Waals surface area contributed by atoms with Crippen molar-refractivity contribution in [3.63, 3.8) is 0 Å². The van der Waals surface area contributed by atoms with Gasteiger partial charge in [0.05, 0.1) is 15.5 Å². The molecule has 0 saturated heterocycles. The van der Waals surface area contributed by atoms with E-state index in [1.165, 1.54) is 42.5 Å². The third-order valence-electron chi connectivity index (χ3n) is 6.23. The molecule has 17 nitrogen and oxygen atoms in total. The van der Waals surface area contributed by atoms with E-state index in [0.717, 1.165) is 18.4 Å². The number of aromatic nitrogens is 3. The summed E-state index contributed by atoms with van der Waals surface area (Å²) in [5.41, 5.74) is -1.62. The molecular formula is C26H20ClCuN7O10S3. The van der Waals surface area contributed by atoms with Gasteiger partial charge in [0, 0.05) is 34.4 Å². The van der Waals surface area contributed by atoms with Crippen LogP contribution in [-0.4, -0.2) is 65.8 Å². The zero-order chi connectivity index (χ0) is 34.3.